The van der Waals surface area contributed by atoms with Gasteiger partial charge in [0.1, 0.15) is 11.4 Å². The second kappa shape index (κ2) is 7.30. The Balaban J connectivity index is 2.84. The topological polar surface area (TPSA) is 91.7 Å². The Bertz CT molecular complexity index is 414. The van der Waals surface area contributed by atoms with Crippen LogP contribution >= 0.6 is 15.9 Å². The van der Waals surface area contributed by atoms with E-state index in [4.69, 9.17) is 9.84 Å². The zero-order valence-electron chi connectivity index (χ0n) is 9.89. The van der Waals surface area contributed by atoms with Crippen LogP contribution < -0.4 is 5.32 Å². The lowest BCUT2D eigenvalue weighted by Crippen LogP contribution is -2.27. The largest absolute Gasteiger partial charge is 0.478 e. The Labute approximate surface area is 113 Å². The third-order valence-corrected chi connectivity index (χ3v) is 2.75. The molecule has 1 unspecified atom stereocenters. The van der Waals surface area contributed by atoms with Gasteiger partial charge in [-0.2, -0.15) is 0 Å². The van der Waals surface area contributed by atoms with Crippen molar-refractivity contribution in [3.05, 3.63) is 22.3 Å². The molecule has 6 nitrogen and oxygen atoms in total. The van der Waals surface area contributed by atoms with Crippen molar-refractivity contribution in [1.82, 2.24) is 4.98 Å². The molecule has 100 valence electrons. The Kier molecular flexibility index (Phi) is 6.03. The van der Waals surface area contributed by atoms with Crippen molar-refractivity contribution in [3.8, 4) is 0 Å². The average molecular weight is 319 g/mol. The number of rotatable bonds is 7. The fraction of sp³-hybridized carbons (Fsp3) is 0.455. The van der Waals surface area contributed by atoms with Crippen LogP contribution in [0.2, 0.25) is 0 Å². The van der Waals surface area contributed by atoms with E-state index in [1.54, 1.807) is 7.11 Å². The molecule has 0 aliphatic carbocycles. The third kappa shape index (κ3) is 4.25. The van der Waals surface area contributed by atoms with E-state index in [1.165, 1.54) is 12.3 Å². The number of halogens is 1. The Morgan fingerprint density at radius 2 is 2.39 bits per heavy atom. The van der Waals surface area contributed by atoms with Gasteiger partial charge < -0.3 is 20.3 Å². The predicted molar refractivity (Wildman–Crippen MR) is 69.9 cm³/mol. The van der Waals surface area contributed by atoms with Crippen LogP contribution in [0.4, 0.5) is 5.82 Å². The van der Waals surface area contributed by atoms with Gasteiger partial charge in [-0.1, -0.05) is 0 Å². The monoisotopic (exact) mass is 318 g/mol. The van der Waals surface area contributed by atoms with E-state index in [1.807, 2.05) is 0 Å². The SMILES string of the molecule is COCCC(CO)Nc1ncc(Br)cc1C(=O)O. The summed E-state index contributed by atoms with van der Waals surface area (Å²) in [5.74, 6) is -0.837. The summed E-state index contributed by atoms with van der Waals surface area (Å²) >= 11 is 3.17. The van der Waals surface area contributed by atoms with E-state index in [0.29, 0.717) is 17.5 Å². The Morgan fingerprint density at radius 1 is 1.67 bits per heavy atom. The summed E-state index contributed by atoms with van der Waals surface area (Å²) in [6, 6.07) is 1.17. The molecule has 0 saturated heterocycles. The number of carbonyl (C=O) groups is 1. The lowest BCUT2D eigenvalue weighted by atomic mass is 10.2. The second-order valence-electron chi connectivity index (χ2n) is 3.66. The number of carboxylic acids is 1. The highest BCUT2D eigenvalue weighted by molar-refractivity contribution is 9.10. The van der Waals surface area contributed by atoms with E-state index >= 15 is 0 Å². The minimum atomic E-state index is -1.07. The molecule has 0 bridgehead atoms. The number of aromatic carboxylic acids is 1. The molecule has 0 aliphatic rings. The van der Waals surface area contributed by atoms with E-state index < -0.39 is 5.97 Å². The Morgan fingerprint density at radius 3 is 2.94 bits per heavy atom. The van der Waals surface area contributed by atoms with Crippen molar-refractivity contribution in [2.24, 2.45) is 0 Å². The van der Waals surface area contributed by atoms with Gasteiger partial charge >= 0.3 is 5.97 Å². The summed E-state index contributed by atoms with van der Waals surface area (Å²) in [4.78, 5) is 15.1. The lowest BCUT2D eigenvalue weighted by Gasteiger charge is -2.17. The maximum Gasteiger partial charge on any atom is 0.339 e. The second-order valence-corrected chi connectivity index (χ2v) is 4.58. The number of carboxylic acid groups (broad SMARTS) is 1. The molecule has 0 radical (unpaired) electrons. The molecule has 3 N–H and O–H groups in total. The molecule has 0 aliphatic heterocycles. The van der Waals surface area contributed by atoms with Gasteiger partial charge in [0.25, 0.3) is 0 Å². The highest BCUT2D eigenvalue weighted by Gasteiger charge is 2.15. The van der Waals surface area contributed by atoms with Crippen LogP contribution in [0.15, 0.2) is 16.7 Å². The molecule has 1 aromatic heterocycles. The van der Waals surface area contributed by atoms with E-state index in [9.17, 15) is 9.90 Å². The van der Waals surface area contributed by atoms with Gasteiger partial charge in [0.2, 0.25) is 0 Å². The fourth-order valence-corrected chi connectivity index (χ4v) is 1.71. The molecule has 0 fully saturated rings. The van der Waals surface area contributed by atoms with Gasteiger partial charge in [-0.15, -0.1) is 0 Å². The van der Waals surface area contributed by atoms with Crippen molar-refractivity contribution in [3.63, 3.8) is 0 Å². The van der Waals surface area contributed by atoms with E-state index in [0.717, 1.165) is 0 Å². The van der Waals surface area contributed by atoms with E-state index in [-0.39, 0.29) is 24.0 Å². The summed E-state index contributed by atoms with van der Waals surface area (Å²) in [6.45, 7) is 0.345. The molecular formula is C11H15BrN2O4. The van der Waals surface area contributed by atoms with Crippen molar-refractivity contribution >= 4 is 27.7 Å². The standard InChI is InChI=1S/C11H15BrN2O4/c1-18-3-2-8(6-15)14-10-9(11(16)17)4-7(12)5-13-10/h4-5,8,15H,2-3,6H2,1H3,(H,13,14)(H,16,17). The molecule has 0 spiro atoms. The van der Waals surface area contributed by atoms with Crippen molar-refractivity contribution in [2.75, 3.05) is 25.6 Å². The summed E-state index contributed by atoms with van der Waals surface area (Å²) < 4.78 is 5.50. The molecule has 1 heterocycles. The molecule has 1 atom stereocenters. The predicted octanol–water partition coefficient (Wildman–Crippen LogP) is 1.35. The summed E-state index contributed by atoms with van der Waals surface area (Å²) in [7, 11) is 1.56. The van der Waals surface area contributed by atoms with Crippen LogP contribution in [0.1, 0.15) is 16.8 Å². The minimum absolute atomic E-state index is 0.0558. The molecule has 1 rings (SSSR count). The molecule has 1 aromatic rings. The number of pyridine rings is 1. The zero-order chi connectivity index (χ0) is 13.5. The van der Waals surface area contributed by atoms with Crippen LogP contribution in [-0.4, -0.2) is 47.5 Å². The van der Waals surface area contributed by atoms with Crippen LogP contribution in [0, 0.1) is 0 Å². The van der Waals surface area contributed by atoms with Gasteiger partial charge in [-0.3, -0.25) is 0 Å². The average Bonchev–Trinajstić information content (AvgIpc) is 2.35. The maximum absolute atomic E-state index is 11.1. The number of aliphatic hydroxyl groups excluding tert-OH is 1. The summed E-state index contributed by atoms with van der Waals surface area (Å²) in [5, 5.41) is 21.2. The third-order valence-electron chi connectivity index (χ3n) is 2.32. The summed E-state index contributed by atoms with van der Waals surface area (Å²) in [6.07, 6.45) is 2.06. The first-order chi connectivity index (χ1) is 8.58. The number of aliphatic hydroxyl groups is 1. The zero-order valence-corrected chi connectivity index (χ0v) is 11.5. The van der Waals surface area contributed by atoms with Gasteiger partial charge in [0.05, 0.1) is 12.6 Å². The molecule has 18 heavy (non-hydrogen) atoms. The van der Waals surface area contributed by atoms with Crippen molar-refractivity contribution in [2.45, 2.75) is 12.5 Å². The number of hydrogen-bond acceptors (Lipinski definition) is 5. The molecule has 0 saturated carbocycles. The molecule has 7 heteroatoms. The van der Waals surface area contributed by atoms with Crippen LogP contribution in [0.25, 0.3) is 0 Å². The number of aromatic nitrogens is 1. The number of nitrogens with zero attached hydrogens (tertiary/aromatic N) is 1. The smallest absolute Gasteiger partial charge is 0.339 e. The molecule has 0 aromatic carbocycles. The van der Waals surface area contributed by atoms with Crippen LogP contribution in [0.3, 0.4) is 0 Å². The number of ether oxygens (including phenoxy) is 1. The first-order valence-electron chi connectivity index (χ1n) is 5.33. The van der Waals surface area contributed by atoms with Crippen molar-refractivity contribution < 1.29 is 19.7 Å². The Hall–Kier alpha value is -1.18. The van der Waals surface area contributed by atoms with Crippen LogP contribution in [0.5, 0.6) is 0 Å². The first kappa shape index (κ1) is 14.9. The van der Waals surface area contributed by atoms with Gasteiger partial charge in [0, 0.05) is 24.4 Å². The van der Waals surface area contributed by atoms with Crippen molar-refractivity contribution in [1.29, 1.82) is 0 Å². The highest BCUT2D eigenvalue weighted by atomic mass is 79.9. The molecule has 0 amide bonds. The van der Waals surface area contributed by atoms with Crippen LogP contribution in [-0.2, 0) is 4.74 Å². The highest BCUT2D eigenvalue weighted by Crippen LogP contribution is 2.19. The molecular weight excluding hydrogens is 304 g/mol. The summed E-state index contributed by atoms with van der Waals surface area (Å²) in [5.41, 5.74) is 0.0558. The lowest BCUT2D eigenvalue weighted by molar-refractivity contribution is 0.0697. The quantitative estimate of drug-likeness (QED) is 0.703. The van der Waals surface area contributed by atoms with Gasteiger partial charge in [-0.25, -0.2) is 9.78 Å². The number of methoxy groups -OCH3 is 1. The van der Waals surface area contributed by atoms with Gasteiger partial charge in [0.15, 0.2) is 0 Å². The first-order valence-corrected chi connectivity index (χ1v) is 6.13. The minimum Gasteiger partial charge on any atom is -0.478 e. The number of anilines is 1. The fourth-order valence-electron chi connectivity index (χ4n) is 1.38. The van der Waals surface area contributed by atoms with Gasteiger partial charge in [-0.05, 0) is 28.4 Å². The maximum atomic E-state index is 11.1. The number of nitrogens with one attached hydrogen (secondary N) is 1. The number of hydrogen-bond donors (Lipinski definition) is 3. The normalized spacial score (nSPS) is 12.2. The van der Waals surface area contributed by atoms with E-state index in [2.05, 4.69) is 26.2 Å².